The Morgan fingerprint density at radius 1 is 1.08 bits per heavy atom. The minimum absolute atomic E-state index is 0.116. The average molecular weight is 324 g/mol. The van der Waals surface area contributed by atoms with E-state index >= 15 is 0 Å². The highest BCUT2D eigenvalue weighted by atomic mass is 19.1. The normalized spacial score (nSPS) is 11.2. The molecule has 0 unspecified atom stereocenters. The topological polar surface area (TPSA) is 27.0 Å². The van der Waals surface area contributed by atoms with Gasteiger partial charge in [-0.2, -0.15) is 5.26 Å². The summed E-state index contributed by atoms with van der Waals surface area (Å²) >= 11 is 0. The summed E-state index contributed by atoms with van der Waals surface area (Å²) in [6, 6.07) is 15.0. The molecule has 0 amide bonds. The van der Waals surface area contributed by atoms with Gasteiger partial charge in [0.2, 0.25) is 0 Å². The lowest BCUT2D eigenvalue weighted by Gasteiger charge is -2.26. The van der Waals surface area contributed by atoms with Crippen LogP contribution in [0.5, 0.6) is 0 Å². The van der Waals surface area contributed by atoms with Crippen molar-refractivity contribution in [2.75, 3.05) is 11.4 Å². The van der Waals surface area contributed by atoms with E-state index in [1.807, 2.05) is 0 Å². The summed E-state index contributed by atoms with van der Waals surface area (Å²) in [6.45, 7) is 10.1. The molecule has 0 aromatic heterocycles. The second-order valence-corrected chi connectivity index (χ2v) is 7.13. The van der Waals surface area contributed by atoms with Gasteiger partial charge in [0.05, 0.1) is 11.6 Å². The molecule has 0 spiro atoms. The van der Waals surface area contributed by atoms with Crippen molar-refractivity contribution in [3.05, 3.63) is 65.0 Å². The first-order chi connectivity index (χ1) is 11.3. The monoisotopic (exact) mass is 324 g/mol. The molecular weight excluding hydrogens is 299 g/mol. The molecule has 0 saturated heterocycles. The van der Waals surface area contributed by atoms with E-state index in [9.17, 15) is 9.65 Å². The summed E-state index contributed by atoms with van der Waals surface area (Å²) in [4.78, 5) is 2.20. The molecule has 24 heavy (non-hydrogen) atoms. The first-order valence-electron chi connectivity index (χ1n) is 8.39. The number of hydrogen-bond donors (Lipinski definition) is 0. The Hall–Kier alpha value is -2.34. The predicted octanol–water partition coefficient (Wildman–Crippen LogP) is 5.41. The largest absolute Gasteiger partial charge is 0.367 e. The Labute approximate surface area is 144 Å². The number of anilines is 1. The van der Waals surface area contributed by atoms with E-state index in [2.05, 4.69) is 62.9 Å². The van der Waals surface area contributed by atoms with Gasteiger partial charge in [-0.25, -0.2) is 4.39 Å². The Morgan fingerprint density at radius 3 is 2.29 bits per heavy atom. The highest BCUT2D eigenvalue weighted by Crippen LogP contribution is 2.26. The van der Waals surface area contributed by atoms with Gasteiger partial charge in [-0.05, 0) is 53.3 Å². The first-order valence-corrected chi connectivity index (χ1v) is 8.39. The number of nitrogens with zero attached hydrogens (tertiary/aromatic N) is 2. The minimum Gasteiger partial charge on any atom is -0.367 e. The molecule has 2 nitrogen and oxygen atoms in total. The van der Waals surface area contributed by atoms with E-state index in [0.29, 0.717) is 12.1 Å². The van der Waals surface area contributed by atoms with Crippen molar-refractivity contribution in [3.63, 3.8) is 0 Å². The first kappa shape index (κ1) is 18.0. The Morgan fingerprint density at radius 2 is 1.75 bits per heavy atom. The second kappa shape index (κ2) is 7.49. The van der Waals surface area contributed by atoms with Gasteiger partial charge in [-0.15, -0.1) is 0 Å². The second-order valence-electron chi connectivity index (χ2n) is 7.13. The molecule has 2 aromatic rings. The third-order valence-corrected chi connectivity index (χ3v) is 4.14. The zero-order valence-corrected chi connectivity index (χ0v) is 14.9. The van der Waals surface area contributed by atoms with Crippen LogP contribution in [0, 0.1) is 17.1 Å². The smallest absolute Gasteiger partial charge is 0.123 e. The van der Waals surface area contributed by atoms with Gasteiger partial charge < -0.3 is 4.90 Å². The van der Waals surface area contributed by atoms with Crippen molar-refractivity contribution in [1.29, 1.82) is 5.26 Å². The maximum atomic E-state index is 13.6. The number of rotatable bonds is 5. The lowest BCUT2D eigenvalue weighted by atomic mass is 9.87. The van der Waals surface area contributed by atoms with E-state index in [1.54, 1.807) is 6.07 Å². The average Bonchev–Trinajstić information content (AvgIpc) is 2.54. The van der Waals surface area contributed by atoms with Crippen LogP contribution in [0.3, 0.4) is 0 Å². The van der Waals surface area contributed by atoms with Gasteiger partial charge in [-0.1, -0.05) is 39.8 Å². The quantitative estimate of drug-likeness (QED) is 0.735. The van der Waals surface area contributed by atoms with Gasteiger partial charge in [0.25, 0.3) is 0 Å². The van der Waals surface area contributed by atoms with E-state index < -0.39 is 0 Å². The van der Waals surface area contributed by atoms with E-state index in [4.69, 9.17) is 0 Å². The molecule has 2 rings (SSSR count). The highest BCUT2D eigenvalue weighted by Gasteiger charge is 2.15. The lowest BCUT2D eigenvalue weighted by molar-refractivity contribution is 0.590. The van der Waals surface area contributed by atoms with Crippen molar-refractivity contribution in [2.45, 2.75) is 46.1 Å². The van der Waals surface area contributed by atoms with E-state index in [0.717, 1.165) is 24.2 Å². The SMILES string of the molecule is CCCN(Cc1cc(F)ccc1C#N)c1ccc(C(C)(C)C)cc1. The van der Waals surface area contributed by atoms with Crippen molar-refractivity contribution >= 4 is 5.69 Å². The standard InChI is InChI=1S/C21H25FN2/c1-5-12-24(15-17-13-19(22)9-6-16(17)14-23)20-10-7-18(8-11-20)21(2,3)4/h6-11,13H,5,12,15H2,1-4H3. The van der Waals surface area contributed by atoms with E-state index in [-0.39, 0.29) is 11.2 Å². The molecule has 0 aliphatic rings. The molecule has 0 N–H and O–H groups in total. The third kappa shape index (κ3) is 4.35. The summed E-state index contributed by atoms with van der Waals surface area (Å²) in [5, 5.41) is 9.26. The predicted molar refractivity (Wildman–Crippen MR) is 97.6 cm³/mol. The molecule has 0 saturated carbocycles. The molecule has 0 heterocycles. The summed E-state index contributed by atoms with van der Waals surface area (Å²) in [7, 11) is 0. The fraction of sp³-hybridized carbons (Fsp3) is 0.381. The molecule has 0 aliphatic heterocycles. The molecule has 2 aromatic carbocycles. The summed E-state index contributed by atoms with van der Waals surface area (Å²) in [5.74, 6) is -0.302. The van der Waals surface area contributed by atoms with Crippen molar-refractivity contribution < 1.29 is 4.39 Å². The zero-order valence-electron chi connectivity index (χ0n) is 14.9. The fourth-order valence-corrected chi connectivity index (χ4v) is 2.75. The van der Waals surface area contributed by atoms with Crippen LogP contribution >= 0.6 is 0 Å². The maximum Gasteiger partial charge on any atom is 0.123 e. The molecule has 0 radical (unpaired) electrons. The van der Waals surface area contributed by atoms with E-state index in [1.165, 1.54) is 17.7 Å². The van der Waals surface area contributed by atoms with Crippen LogP contribution in [0.1, 0.15) is 50.8 Å². The van der Waals surface area contributed by atoms with Gasteiger partial charge >= 0.3 is 0 Å². The summed E-state index contributed by atoms with van der Waals surface area (Å²) < 4.78 is 13.6. The summed E-state index contributed by atoms with van der Waals surface area (Å²) in [5.41, 5.74) is 3.75. The number of halogens is 1. The third-order valence-electron chi connectivity index (χ3n) is 4.14. The molecule has 0 atom stereocenters. The van der Waals surface area contributed by atoms with Crippen LogP contribution in [0.4, 0.5) is 10.1 Å². The maximum absolute atomic E-state index is 13.6. The van der Waals surface area contributed by atoms with Crippen LogP contribution in [0.2, 0.25) is 0 Å². The Bertz CT molecular complexity index is 721. The van der Waals surface area contributed by atoms with Crippen LogP contribution in [-0.4, -0.2) is 6.54 Å². The molecule has 0 bridgehead atoms. The molecular formula is C21H25FN2. The lowest BCUT2D eigenvalue weighted by Crippen LogP contribution is -2.24. The van der Waals surface area contributed by atoms with Crippen molar-refractivity contribution in [3.8, 4) is 6.07 Å². The molecule has 3 heteroatoms. The van der Waals surface area contributed by atoms with Crippen molar-refractivity contribution in [2.24, 2.45) is 0 Å². The number of benzene rings is 2. The van der Waals surface area contributed by atoms with Crippen LogP contribution in [0.15, 0.2) is 42.5 Å². The van der Waals surface area contributed by atoms with Gasteiger partial charge in [0, 0.05) is 18.8 Å². The molecule has 0 fully saturated rings. The fourth-order valence-electron chi connectivity index (χ4n) is 2.75. The minimum atomic E-state index is -0.302. The van der Waals surface area contributed by atoms with Gasteiger partial charge in [-0.3, -0.25) is 0 Å². The van der Waals surface area contributed by atoms with Crippen molar-refractivity contribution in [1.82, 2.24) is 0 Å². The van der Waals surface area contributed by atoms with Crippen LogP contribution in [0.25, 0.3) is 0 Å². The van der Waals surface area contributed by atoms with Crippen LogP contribution in [-0.2, 0) is 12.0 Å². The van der Waals surface area contributed by atoms with Crippen LogP contribution < -0.4 is 4.90 Å². The zero-order chi connectivity index (χ0) is 17.7. The molecule has 0 aliphatic carbocycles. The van der Waals surface area contributed by atoms with Gasteiger partial charge in [0.1, 0.15) is 5.82 Å². The Balaban J connectivity index is 2.30. The number of hydrogen-bond acceptors (Lipinski definition) is 2. The Kier molecular flexibility index (Phi) is 5.62. The highest BCUT2D eigenvalue weighted by molar-refractivity contribution is 5.50. The summed E-state index contributed by atoms with van der Waals surface area (Å²) in [6.07, 6.45) is 0.984. The number of nitriles is 1. The van der Waals surface area contributed by atoms with Gasteiger partial charge in [0.15, 0.2) is 0 Å². The molecule has 126 valence electrons.